The normalized spacial score (nSPS) is 11.9. The lowest BCUT2D eigenvalue weighted by molar-refractivity contribution is -0.143. The highest BCUT2D eigenvalue weighted by molar-refractivity contribution is 5.94. The second-order valence-electron chi connectivity index (χ2n) is 10.3. The average Bonchev–Trinajstić information content (AvgIpc) is 3.47. The highest BCUT2D eigenvalue weighted by Gasteiger charge is 2.41. The maximum absolute atomic E-state index is 13.2. The number of esters is 1. The number of benzene rings is 4. The van der Waals surface area contributed by atoms with Crippen LogP contribution in [0.25, 0.3) is 10.9 Å². The third-order valence-electron chi connectivity index (χ3n) is 7.70. The van der Waals surface area contributed by atoms with Crippen LogP contribution in [-0.4, -0.2) is 41.0 Å². The highest BCUT2D eigenvalue weighted by Crippen LogP contribution is 2.43. The average molecular weight is 598 g/mol. The van der Waals surface area contributed by atoms with E-state index in [0.29, 0.717) is 22.3 Å². The molecule has 0 aliphatic rings. The molecule has 0 saturated heterocycles. The number of carbonyl (C=O) groups is 2. The molecule has 2 N–H and O–H groups in total. The van der Waals surface area contributed by atoms with E-state index in [1.807, 2.05) is 65.3 Å². The summed E-state index contributed by atoms with van der Waals surface area (Å²) in [6.07, 6.45) is 1.62. The Hall–Kier alpha value is -5.96. The number of rotatable bonds is 9. The zero-order valence-corrected chi connectivity index (χ0v) is 24.8. The van der Waals surface area contributed by atoms with Crippen molar-refractivity contribution in [2.75, 3.05) is 19.5 Å². The van der Waals surface area contributed by atoms with E-state index in [9.17, 15) is 9.59 Å². The Balaban J connectivity index is 1.50. The molecule has 0 bridgehead atoms. The van der Waals surface area contributed by atoms with Crippen molar-refractivity contribution in [3.8, 4) is 5.88 Å². The van der Waals surface area contributed by atoms with Gasteiger partial charge in [-0.1, -0.05) is 121 Å². The number of nitrogens with one attached hydrogen (secondary N) is 2. The molecular weight excluding hydrogens is 566 g/mol. The Morgan fingerprint density at radius 2 is 1.27 bits per heavy atom. The molecule has 0 aliphatic heterocycles. The standard InChI is InChI=1S/C36H31N5O4/c1-44-33-29-24-37-31(38-35(43)39-32(34(42)45-2)25-15-7-3-8-16-25)23-30(29)41(40-33)36(26-17-9-4-10-18-26,27-19-11-5-12-20-27)28-21-13-6-14-22-28/h3-24,32H,1-2H3,(H2,37,38,39,43). The summed E-state index contributed by atoms with van der Waals surface area (Å²) < 4.78 is 12.6. The van der Waals surface area contributed by atoms with Gasteiger partial charge in [0.05, 0.1) is 25.1 Å². The Kier molecular flexibility index (Phi) is 8.24. The van der Waals surface area contributed by atoms with E-state index in [4.69, 9.17) is 14.6 Å². The molecule has 6 aromatic rings. The third kappa shape index (κ3) is 5.47. The summed E-state index contributed by atoms with van der Waals surface area (Å²) in [7, 11) is 2.85. The number of hydrogen-bond donors (Lipinski definition) is 2. The van der Waals surface area contributed by atoms with Gasteiger partial charge in [-0.05, 0) is 22.3 Å². The number of carbonyl (C=O) groups excluding carboxylic acids is 2. The van der Waals surface area contributed by atoms with Gasteiger partial charge in [0.25, 0.3) is 0 Å². The quantitative estimate of drug-likeness (QED) is 0.149. The Morgan fingerprint density at radius 1 is 0.756 bits per heavy atom. The van der Waals surface area contributed by atoms with E-state index in [1.54, 1.807) is 43.6 Å². The second kappa shape index (κ2) is 12.7. The third-order valence-corrected chi connectivity index (χ3v) is 7.70. The molecule has 4 aromatic carbocycles. The summed E-state index contributed by atoms with van der Waals surface area (Å²) in [6, 6.07) is 39.4. The van der Waals surface area contributed by atoms with E-state index >= 15 is 0 Å². The molecule has 2 heterocycles. The first kappa shape index (κ1) is 29.1. The number of fused-ring (bicyclic) bond motifs is 1. The minimum atomic E-state index is -1.01. The molecule has 0 aliphatic carbocycles. The van der Waals surface area contributed by atoms with Gasteiger partial charge in [-0.2, -0.15) is 0 Å². The number of anilines is 1. The molecular formula is C36H31N5O4. The molecule has 224 valence electrons. The van der Waals surface area contributed by atoms with Gasteiger partial charge in [-0.15, -0.1) is 5.10 Å². The van der Waals surface area contributed by atoms with E-state index in [0.717, 1.165) is 16.7 Å². The summed E-state index contributed by atoms with van der Waals surface area (Å²) >= 11 is 0. The molecule has 9 heteroatoms. The number of urea groups is 1. The number of amides is 2. The molecule has 1 atom stereocenters. The monoisotopic (exact) mass is 597 g/mol. The van der Waals surface area contributed by atoms with Crippen molar-refractivity contribution < 1.29 is 19.1 Å². The van der Waals surface area contributed by atoms with Crippen molar-refractivity contribution in [2.24, 2.45) is 0 Å². The van der Waals surface area contributed by atoms with Crippen LogP contribution in [0, 0.1) is 0 Å². The van der Waals surface area contributed by atoms with Gasteiger partial charge in [0, 0.05) is 12.3 Å². The smallest absolute Gasteiger partial charge is 0.333 e. The minimum absolute atomic E-state index is 0.253. The Bertz CT molecular complexity index is 1820. The lowest BCUT2D eigenvalue weighted by Gasteiger charge is -2.36. The number of nitrogens with zero attached hydrogens (tertiary/aromatic N) is 3. The van der Waals surface area contributed by atoms with Crippen LogP contribution in [0.4, 0.5) is 10.6 Å². The van der Waals surface area contributed by atoms with E-state index in [1.165, 1.54) is 7.11 Å². The molecule has 0 spiro atoms. The fourth-order valence-electron chi connectivity index (χ4n) is 5.69. The van der Waals surface area contributed by atoms with Crippen molar-refractivity contribution in [1.82, 2.24) is 20.1 Å². The molecule has 2 aromatic heterocycles. The van der Waals surface area contributed by atoms with Crippen LogP contribution >= 0.6 is 0 Å². The maximum atomic E-state index is 13.2. The molecule has 1 unspecified atom stereocenters. The lowest BCUT2D eigenvalue weighted by Crippen LogP contribution is -2.38. The summed E-state index contributed by atoms with van der Waals surface area (Å²) in [4.78, 5) is 30.3. The van der Waals surface area contributed by atoms with Crippen LogP contribution in [-0.2, 0) is 15.1 Å². The zero-order chi connectivity index (χ0) is 31.2. The van der Waals surface area contributed by atoms with Crippen LogP contribution in [0.1, 0.15) is 28.3 Å². The van der Waals surface area contributed by atoms with Crippen molar-refractivity contribution in [3.63, 3.8) is 0 Å². The fourth-order valence-corrected chi connectivity index (χ4v) is 5.69. The summed E-state index contributed by atoms with van der Waals surface area (Å²) in [6.45, 7) is 0. The topological polar surface area (TPSA) is 107 Å². The van der Waals surface area contributed by atoms with E-state index in [-0.39, 0.29) is 5.82 Å². The number of ether oxygens (including phenoxy) is 2. The van der Waals surface area contributed by atoms with E-state index < -0.39 is 23.6 Å². The predicted octanol–water partition coefficient (Wildman–Crippen LogP) is 6.32. The molecule has 0 saturated carbocycles. The summed E-state index contributed by atoms with van der Waals surface area (Å²) in [5.41, 5.74) is 3.25. The summed E-state index contributed by atoms with van der Waals surface area (Å²) in [5, 5.41) is 11.2. The number of pyridine rings is 1. The van der Waals surface area contributed by atoms with E-state index in [2.05, 4.69) is 52.0 Å². The van der Waals surface area contributed by atoms with Crippen LogP contribution in [0.3, 0.4) is 0 Å². The SMILES string of the molecule is COC(=O)C(NC(=O)Nc1cc2c(cn1)c(OC)nn2C(c1ccccc1)(c1ccccc1)c1ccccc1)c1ccccc1. The first-order valence-corrected chi connectivity index (χ1v) is 14.4. The summed E-state index contributed by atoms with van der Waals surface area (Å²) in [5.74, 6) is 0.0417. The second-order valence-corrected chi connectivity index (χ2v) is 10.3. The zero-order valence-electron chi connectivity index (χ0n) is 24.8. The van der Waals surface area contributed by atoms with Crippen LogP contribution < -0.4 is 15.4 Å². The van der Waals surface area contributed by atoms with Crippen LogP contribution in [0.15, 0.2) is 134 Å². The Labute approximate surface area is 260 Å². The van der Waals surface area contributed by atoms with Gasteiger partial charge in [-0.3, -0.25) is 5.32 Å². The molecule has 0 fully saturated rings. The van der Waals surface area contributed by atoms with Gasteiger partial charge >= 0.3 is 12.0 Å². The molecule has 45 heavy (non-hydrogen) atoms. The largest absolute Gasteiger partial charge is 0.479 e. The minimum Gasteiger partial charge on any atom is -0.479 e. The van der Waals surface area contributed by atoms with Crippen molar-refractivity contribution in [2.45, 2.75) is 11.6 Å². The number of hydrogen-bond acceptors (Lipinski definition) is 6. The number of aromatic nitrogens is 3. The lowest BCUT2D eigenvalue weighted by atomic mass is 9.77. The van der Waals surface area contributed by atoms with Gasteiger partial charge in [0.15, 0.2) is 6.04 Å². The number of methoxy groups -OCH3 is 2. The molecule has 6 rings (SSSR count). The van der Waals surface area contributed by atoms with Crippen molar-refractivity contribution >= 4 is 28.7 Å². The molecule has 9 nitrogen and oxygen atoms in total. The van der Waals surface area contributed by atoms with Crippen molar-refractivity contribution in [3.05, 3.63) is 156 Å². The highest BCUT2D eigenvalue weighted by atomic mass is 16.5. The molecule has 2 amide bonds. The maximum Gasteiger partial charge on any atom is 0.333 e. The van der Waals surface area contributed by atoms with Crippen LogP contribution in [0.5, 0.6) is 5.88 Å². The van der Waals surface area contributed by atoms with Gasteiger partial charge in [0.1, 0.15) is 11.4 Å². The molecule has 0 radical (unpaired) electrons. The van der Waals surface area contributed by atoms with Gasteiger partial charge in [0.2, 0.25) is 5.88 Å². The first-order chi connectivity index (χ1) is 22.1. The van der Waals surface area contributed by atoms with Crippen LogP contribution in [0.2, 0.25) is 0 Å². The first-order valence-electron chi connectivity index (χ1n) is 14.4. The van der Waals surface area contributed by atoms with Gasteiger partial charge in [-0.25, -0.2) is 19.3 Å². The Morgan fingerprint density at radius 3 is 1.76 bits per heavy atom. The van der Waals surface area contributed by atoms with Crippen molar-refractivity contribution in [1.29, 1.82) is 0 Å². The predicted molar refractivity (Wildman–Crippen MR) is 172 cm³/mol. The fraction of sp³-hybridized carbons (Fsp3) is 0.111. The van der Waals surface area contributed by atoms with Gasteiger partial charge < -0.3 is 14.8 Å².